The van der Waals surface area contributed by atoms with Crippen LogP contribution in [0.15, 0.2) is 28.8 Å². The van der Waals surface area contributed by atoms with Crippen molar-refractivity contribution in [2.45, 2.75) is 66.1 Å². The highest BCUT2D eigenvalue weighted by molar-refractivity contribution is 7.09. The van der Waals surface area contributed by atoms with Crippen LogP contribution in [0.1, 0.15) is 51.2 Å². The number of thiophene rings is 1. The molecule has 1 atom stereocenters. The summed E-state index contributed by atoms with van der Waals surface area (Å²) in [7, 11) is 0. The normalized spacial score (nSPS) is 13.1. The van der Waals surface area contributed by atoms with Crippen LogP contribution in [0.4, 0.5) is 0 Å². The Kier molecular flexibility index (Phi) is 10.7. The molecule has 0 spiro atoms. The van der Waals surface area contributed by atoms with E-state index in [0.717, 1.165) is 57.3 Å². The molecule has 1 unspecified atom stereocenters. The lowest BCUT2D eigenvalue weighted by Gasteiger charge is -2.21. The lowest BCUT2D eigenvalue weighted by molar-refractivity contribution is 0.292. The van der Waals surface area contributed by atoms with Gasteiger partial charge in [0.25, 0.3) is 0 Å². The number of aliphatic imine (C=N–C) groups is 1. The van der Waals surface area contributed by atoms with E-state index < -0.39 is 0 Å². The van der Waals surface area contributed by atoms with E-state index in [4.69, 9.17) is 4.99 Å². The first-order chi connectivity index (χ1) is 14.2. The molecule has 2 N–H and O–H groups in total. The molecule has 0 aromatic carbocycles. The van der Waals surface area contributed by atoms with Crippen molar-refractivity contribution in [1.29, 1.82) is 0 Å². The summed E-state index contributed by atoms with van der Waals surface area (Å²) in [6.45, 7) is 14.5. The first-order valence-electron chi connectivity index (χ1n) is 10.8. The van der Waals surface area contributed by atoms with Crippen LogP contribution in [0.25, 0.3) is 0 Å². The van der Waals surface area contributed by atoms with Crippen LogP contribution in [0.3, 0.4) is 0 Å². The lowest BCUT2D eigenvalue weighted by Crippen LogP contribution is -2.43. The predicted octanol–water partition coefficient (Wildman–Crippen LogP) is 3.15. The summed E-state index contributed by atoms with van der Waals surface area (Å²) >= 11 is 1.74. The van der Waals surface area contributed by atoms with E-state index in [1.807, 2.05) is 0 Å². The maximum Gasteiger partial charge on any atom is 0.191 e. The topological polar surface area (TPSA) is 70.4 Å². The Hall–Kier alpha value is -1.93. The van der Waals surface area contributed by atoms with E-state index in [0.29, 0.717) is 12.6 Å². The number of nitrogens with zero attached hydrogens (tertiary/aromatic N) is 5. The lowest BCUT2D eigenvalue weighted by atomic mass is 10.2. The molecule has 7 nitrogen and oxygen atoms in total. The van der Waals surface area contributed by atoms with Gasteiger partial charge in [-0.2, -0.15) is 0 Å². The fourth-order valence-electron chi connectivity index (χ4n) is 3.21. The minimum Gasteiger partial charge on any atom is -0.355 e. The van der Waals surface area contributed by atoms with Gasteiger partial charge >= 0.3 is 0 Å². The van der Waals surface area contributed by atoms with Gasteiger partial charge in [0.05, 0.1) is 6.54 Å². The van der Waals surface area contributed by atoms with Crippen molar-refractivity contribution < 1.29 is 0 Å². The average Bonchev–Trinajstić information content (AvgIpc) is 3.41. The molecule has 0 amide bonds. The Morgan fingerprint density at radius 1 is 1.31 bits per heavy atom. The number of guanidine groups is 1. The van der Waals surface area contributed by atoms with Crippen LogP contribution < -0.4 is 10.6 Å². The first kappa shape index (κ1) is 23.3. The summed E-state index contributed by atoms with van der Waals surface area (Å²) < 4.78 is 2.09. The minimum absolute atomic E-state index is 0.376. The van der Waals surface area contributed by atoms with Crippen molar-refractivity contribution in [1.82, 2.24) is 30.3 Å². The third kappa shape index (κ3) is 8.53. The standard InChI is InChI=1S/C21H37N7S/c1-5-20-26-24-17-28(20)14-12-22-21(23-16-19-11-9-15-29-19)25-18(4)10-8-13-27(6-2)7-3/h9,11,15,17-18H,5-8,10,12-14,16H2,1-4H3,(H2,22,23,25). The Balaban J connectivity index is 1.85. The highest BCUT2D eigenvalue weighted by atomic mass is 32.1. The van der Waals surface area contributed by atoms with Crippen LogP contribution >= 0.6 is 11.3 Å². The number of nitrogens with one attached hydrogen (secondary N) is 2. The second-order valence-electron chi connectivity index (χ2n) is 7.18. The van der Waals surface area contributed by atoms with E-state index in [1.54, 1.807) is 17.7 Å². The number of hydrogen-bond donors (Lipinski definition) is 2. The molecule has 8 heteroatoms. The first-order valence-corrected chi connectivity index (χ1v) is 11.7. The Labute approximate surface area is 179 Å². The maximum atomic E-state index is 4.80. The van der Waals surface area contributed by atoms with Gasteiger partial charge in [-0.1, -0.05) is 26.8 Å². The van der Waals surface area contributed by atoms with Gasteiger partial charge < -0.3 is 20.1 Å². The third-order valence-electron chi connectivity index (χ3n) is 5.02. The van der Waals surface area contributed by atoms with E-state index >= 15 is 0 Å². The van der Waals surface area contributed by atoms with Gasteiger partial charge in [-0.3, -0.25) is 0 Å². The molecule has 0 saturated heterocycles. The largest absolute Gasteiger partial charge is 0.355 e. The molecule has 29 heavy (non-hydrogen) atoms. The van der Waals surface area contributed by atoms with Crippen molar-refractivity contribution in [3.05, 3.63) is 34.5 Å². The van der Waals surface area contributed by atoms with Gasteiger partial charge in [-0.15, -0.1) is 21.5 Å². The molecule has 2 aromatic rings. The third-order valence-corrected chi connectivity index (χ3v) is 5.88. The molecular formula is C21H37N7S. The summed E-state index contributed by atoms with van der Waals surface area (Å²) in [6, 6.07) is 4.58. The summed E-state index contributed by atoms with van der Waals surface area (Å²) in [6.07, 6.45) is 5.00. The van der Waals surface area contributed by atoms with Gasteiger partial charge in [0.2, 0.25) is 0 Å². The molecule has 0 saturated carbocycles. The molecule has 0 fully saturated rings. The molecule has 0 radical (unpaired) electrons. The summed E-state index contributed by atoms with van der Waals surface area (Å²) in [5.41, 5.74) is 0. The molecule has 2 rings (SSSR count). The van der Waals surface area contributed by atoms with Crippen LogP contribution in [0, 0.1) is 0 Å². The fraction of sp³-hybridized carbons (Fsp3) is 0.667. The van der Waals surface area contributed by atoms with Crippen molar-refractivity contribution in [2.24, 2.45) is 4.99 Å². The van der Waals surface area contributed by atoms with Crippen LogP contribution in [-0.2, 0) is 19.5 Å². The van der Waals surface area contributed by atoms with Gasteiger partial charge in [0.1, 0.15) is 12.2 Å². The second kappa shape index (κ2) is 13.3. The van der Waals surface area contributed by atoms with E-state index in [1.165, 1.54) is 11.3 Å². The van der Waals surface area contributed by atoms with Gasteiger partial charge in [-0.25, -0.2) is 4.99 Å². The molecule has 0 aliphatic carbocycles. The van der Waals surface area contributed by atoms with Crippen molar-refractivity contribution in [2.75, 3.05) is 26.2 Å². The second-order valence-corrected chi connectivity index (χ2v) is 8.21. The predicted molar refractivity (Wildman–Crippen MR) is 122 cm³/mol. The Morgan fingerprint density at radius 2 is 2.14 bits per heavy atom. The van der Waals surface area contributed by atoms with Crippen molar-refractivity contribution in [3.8, 4) is 0 Å². The van der Waals surface area contributed by atoms with Crippen molar-refractivity contribution in [3.63, 3.8) is 0 Å². The van der Waals surface area contributed by atoms with E-state index in [9.17, 15) is 0 Å². The zero-order valence-corrected chi connectivity index (χ0v) is 19.2. The van der Waals surface area contributed by atoms with E-state index in [-0.39, 0.29) is 0 Å². The zero-order valence-electron chi connectivity index (χ0n) is 18.4. The number of aryl methyl sites for hydroxylation is 1. The smallest absolute Gasteiger partial charge is 0.191 e. The minimum atomic E-state index is 0.376. The van der Waals surface area contributed by atoms with E-state index in [2.05, 4.69) is 75.5 Å². The van der Waals surface area contributed by atoms with Gasteiger partial charge in [0.15, 0.2) is 5.96 Å². The fourth-order valence-corrected chi connectivity index (χ4v) is 3.84. The highest BCUT2D eigenvalue weighted by Crippen LogP contribution is 2.09. The summed E-state index contributed by atoms with van der Waals surface area (Å²) in [5.74, 6) is 1.89. The Morgan fingerprint density at radius 3 is 2.83 bits per heavy atom. The molecule has 2 aromatic heterocycles. The van der Waals surface area contributed by atoms with Gasteiger partial charge in [0, 0.05) is 30.4 Å². The monoisotopic (exact) mass is 419 g/mol. The maximum absolute atomic E-state index is 4.80. The SMILES string of the molecule is CCc1nncn1CCNC(=NCc1cccs1)NC(C)CCCN(CC)CC. The molecule has 0 aliphatic rings. The molecule has 0 bridgehead atoms. The van der Waals surface area contributed by atoms with Crippen LogP contribution in [-0.4, -0.2) is 57.8 Å². The number of aromatic nitrogens is 3. The average molecular weight is 420 g/mol. The van der Waals surface area contributed by atoms with Crippen LogP contribution in [0.5, 0.6) is 0 Å². The van der Waals surface area contributed by atoms with Crippen molar-refractivity contribution >= 4 is 17.3 Å². The molecular weight excluding hydrogens is 382 g/mol. The van der Waals surface area contributed by atoms with Crippen LogP contribution in [0.2, 0.25) is 0 Å². The summed E-state index contributed by atoms with van der Waals surface area (Å²) in [4.78, 5) is 8.54. The molecule has 162 valence electrons. The Bertz CT molecular complexity index is 692. The quantitative estimate of drug-likeness (QED) is 0.386. The molecule has 2 heterocycles. The zero-order chi connectivity index (χ0) is 20.9. The highest BCUT2D eigenvalue weighted by Gasteiger charge is 2.08. The number of hydrogen-bond acceptors (Lipinski definition) is 5. The number of rotatable bonds is 13. The molecule has 0 aliphatic heterocycles. The summed E-state index contributed by atoms with van der Waals surface area (Å²) in [5, 5.41) is 17.3. The van der Waals surface area contributed by atoms with Gasteiger partial charge in [-0.05, 0) is 50.8 Å².